The van der Waals surface area contributed by atoms with E-state index in [1.165, 1.54) is 30.7 Å². The van der Waals surface area contributed by atoms with E-state index in [-0.39, 0.29) is 22.6 Å². The molecule has 0 unspecified atom stereocenters. The van der Waals surface area contributed by atoms with E-state index >= 15 is 0 Å². The molecule has 0 aliphatic rings. The van der Waals surface area contributed by atoms with Crippen LogP contribution in [0.4, 0.5) is 26.3 Å². The fourth-order valence-corrected chi connectivity index (χ4v) is 3.01. The quantitative estimate of drug-likeness (QED) is 0.347. The van der Waals surface area contributed by atoms with Crippen molar-refractivity contribution in [2.24, 2.45) is 0 Å². The molecule has 162 valence electrons. The Morgan fingerprint density at radius 3 is 2.03 bits per heavy atom. The molecule has 0 saturated heterocycles. The van der Waals surface area contributed by atoms with Crippen LogP contribution in [0.2, 0.25) is 0 Å². The molecule has 1 aromatic carbocycles. The van der Waals surface area contributed by atoms with Gasteiger partial charge in [0.1, 0.15) is 5.69 Å². The predicted molar refractivity (Wildman–Crippen MR) is 104 cm³/mol. The lowest BCUT2D eigenvalue weighted by Crippen LogP contribution is -2.11. The number of hydrogen-bond acceptors (Lipinski definition) is 4. The largest absolute Gasteiger partial charge is 0.433 e. The van der Waals surface area contributed by atoms with Gasteiger partial charge in [0.25, 0.3) is 0 Å². The normalized spacial score (nSPS) is 12.1. The smallest absolute Gasteiger partial charge is 0.264 e. The van der Waals surface area contributed by atoms with Gasteiger partial charge in [0.2, 0.25) is 0 Å². The number of rotatable bonds is 3. The number of halogens is 6. The Balaban J connectivity index is 1.89. The number of pyridine rings is 2. The van der Waals surface area contributed by atoms with E-state index in [9.17, 15) is 26.3 Å². The summed E-state index contributed by atoms with van der Waals surface area (Å²) >= 11 is 0. The topological polar surface area (TPSA) is 51.6 Å². The van der Waals surface area contributed by atoms with Gasteiger partial charge in [0.15, 0.2) is 5.82 Å². The van der Waals surface area contributed by atoms with Gasteiger partial charge in [0, 0.05) is 35.3 Å². The molecule has 3 aromatic heterocycles. The molecule has 0 radical (unpaired) electrons. The summed E-state index contributed by atoms with van der Waals surface area (Å²) in [6, 6.07) is 10.8. The second-order valence-electron chi connectivity index (χ2n) is 6.68. The first-order valence-corrected chi connectivity index (χ1v) is 9.12. The van der Waals surface area contributed by atoms with E-state index < -0.39 is 23.6 Å². The summed E-state index contributed by atoms with van der Waals surface area (Å²) in [5.74, 6) is -0.262. The Kier molecular flexibility index (Phi) is 5.37. The van der Waals surface area contributed by atoms with Gasteiger partial charge in [0.05, 0.1) is 17.0 Å². The molecule has 4 nitrogen and oxygen atoms in total. The van der Waals surface area contributed by atoms with Crippen molar-refractivity contribution in [1.29, 1.82) is 0 Å². The molecule has 0 aliphatic carbocycles. The van der Waals surface area contributed by atoms with Crippen LogP contribution < -0.4 is 0 Å². The molecular formula is C22H12F6N4. The van der Waals surface area contributed by atoms with Crippen molar-refractivity contribution in [2.45, 2.75) is 12.4 Å². The lowest BCUT2D eigenvalue weighted by molar-refractivity contribution is -0.141. The van der Waals surface area contributed by atoms with Crippen LogP contribution in [-0.2, 0) is 12.4 Å². The monoisotopic (exact) mass is 446 g/mol. The maximum absolute atomic E-state index is 13.6. The summed E-state index contributed by atoms with van der Waals surface area (Å²) < 4.78 is 79.2. The third-order valence-electron chi connectivity index (χ3n) is 4.51. The first-order chi connectivity index (χ1) is 15.1. The Bertz CT molecular complexity index is 1240. The molecule has 0 N–H and O–H groups in total. The third kappa shape index (κ3) is 4.43. The van der Waals surface area contributed by atoms with Gasteiger partial charge in [-0.3, -0.25) is 9.97 Å². The highest BCUT2D eigenvalue weighted by Crippen LogP contribution is 2.35. The lowest BCUT2D eigenvalue weighted by Gasteiger charge is -2.13. The van der Waals surface area contributed by atoms with Gasteiger partial charge in [-0.1, -0.05) is 12.1 Å². The predicted octanol–water partition coefficient (Wildman–Crippen LogP) is 6.31. The minimum absolute atomic E-state index is 0.0824. The number of alkyl halides is 6. The summed E-state index contributed by atoms with van der Waals surface area (Å²) in [4.78, 5) is 16.1. The van der Waals surface area contributed by atoms with E-state index in [4.69, 9.17) is 0 Å². The SMILES string of the molecule is FC(F)(F)c1ccc(-c2cc(C(F)(F)F)nc(-c3cccnc3-c3cccnc3)n2)cc1. The van der Waals surface area contributed by atoms with E-state index in [1.54, 1.807) is 12.1 Å². The summed E-state index contributed by atoms with van der Waals surface area (Å²) in [7, 11) is 0. The number of benzene rings is 1. The highest BCUT2D eigenvalue weighted by Gasteiger charge is 2.34. The molecular weight excluding hydrogens is 434 g/mol. The highest BCUT2D eigenvalue weighted by atomic mass is 19.4. The van der Waals surface area contributed by atoms with Gasteiger partial charge >= 0.3 is 12.4 Å². The summed E-state index contributed by atoms with van der Waals surface area (Å²) in [6.07, 6.45) is -4.86. The molecule has 0 atom stereocenters. The molecule has 32 heavy (non-hydrogen) atoms. The fourth-order valence-electron chi connectivity index (χ4n) is 3.01. The van der Waals surface area contributed by atoms with Crippen molar-refractivity contribution >= 4 is 0 Å². The minimum atomic E-state index is -4.80. The summed E-state index contributed by atoms with van der Waals surface area (Å²) in [6.45, 7) is 0. The molecule has 0 amide bonds. The van der Waals surface area contributed by atoms with Crippen molar-refractivity contribution in [2.75, 3.05) is 0 Å². The van der Waals surface area contributed by atoms with E-state index in [0.717, 1.165) is 24.3 Å². The average molecular weight is 446 g/mol. The van der Waals surface area contributed by atoms with Crippen molar-refractivity contribution in [3.8, 4) is 33.9 Å². The van der Waals surface area contributed by atoms with Crippen LogP contribution in [0, 0.1) is 0 Å². The van der Waals surface area contributed by atoms with Crippen LogP contribution in [0.3, 0.4) is 0 Å². The minimum Gasteiger partial charge on any atom is -0.264 e. The molecule has 3 heterocycles. The van der Waals surface area contributed by atoms with E-state index in [1.807, 2.05) is 0 Å². The van der Waals surface area contributed by atoms with Crippen LogP contribution in [-0.4, -0.2) is 19.9 Å². The summed E-state index contributed by atoms with van der Waals surface area (Å²) in [5, 5.41) is 0. The van der Waals surface area contributed by atoms with E-state index in [0.29, 0.717) is 17.3 Å². The van der Waals surface area contributed by atoms with Crippen molar-refractivity contribution < 1.29 is 26.3 Å². The fraction of sp³-hybridized carbons (Fsp3) is 0.0909. The Morgan fingerprint density at radius 2 is 1.41 bits per heavy atom. The highest BCUT2D eigenvalue weighted by molar-refractivity contribution is 5.77. The molecule has 10 heteroatoms. The van der Waals surface area contributed by atoms with Crippen molar-refractivity contribution in [1.82, 2.24) is 19.9 Å². The molecule has 4 aromatic rings. The first-order valence-electron chi connectivity index (χ1n) is 9.12. The van der Waals surface area contributed by atoms with Gasteiger partial charge < -0.3 is 0 Å². The lowest BCUT2D eigenvalue weighted by atomic mass is 10.1. The molecule has 0 saturated carbocycles. The van der Waals surface area contributed by atoms with Crippen LogP contribution >= 0.6 is 0 Å². The second-order valence-corrected chi connectivity index (χ2v) is 6.68. The Hall–Kier alpha value is -3.82. The average Bonchev–Trinajstić information content (AvgIpc) is 2.78. The zero-order valence-electron chi connectivity index (χ0n) is 16.0. The maximum Gasteiger partial charge on any atom is 0.433 e. The standard InChI is InChI=1S/C22H12F6N4/c23-21(24,25)15-7-5-13(6-8-15)17-11-18(22(26,27)28)32-20(31-17)16-4-2-10-30-19(16)14-3-1-9-29-12-14/h1-12H. The van der Waals surface area contributed by atoms with Crippen LogP contribution in [0.15, 0.2) is 73.2 Å². The van der Waals surface area contributed by atoms with Crippen LogP contribution in [0.25, 0.3) is 33.9 Å². The van der Waals surface area contributed by atoms with Gasteiger partial charge in [-0.2, -0.15) is 26.3 Å². The molecule has 4 rings (SSSR count). The van der Waals surface area contributed by atoms with Gasteiger partial charge in [-0.15, -0.1) is 0 Å². The third-order valence-corrected chi connectivity index (χ3v) is 4.51. The zero-order chi connectivity index (χ0) is 22.9. The van der Waals surface area contributed by atoms with Crippen LogP contribution in [0.1, 0.15) is 11.3 Å². The van der Waals surface area contributed by atoms with E-state index in [2.05, 4.69) is 19.9 Å². The zero-order valence-corrected chi connectivity index (χ0v) is 16.0. The number of hydrogen-bond donors (Lipinski definition) is 0. The maximum atomic E-state index is 13.6. The van der Waals surface area contributed by atoms with Gasteiger partial charge in [-0.05, 0) is 42.5 Å². The van der Waals surface area contributed by atoms with Crippen LogP contribution in [0.5, 0.6) is 0 Å². The molecule has 0 fully saturated rings. The van der Waals surface area contributed by atoms with Crippen molar-refractivity contribution in [3.05, 3.63) is 84.4 Å². The number of aromatic nitrogens is 4. The number of nitrogens with zero attached hydrogens (tertiary/aromatic N) is 4. The second kappa shape index (κ2) is 8.03. The molecule has 0 aliphatic heterocycles. The van der Waals surface area contributed by atoms with Gasteiger partial charge in [-0.25, -0.2) is 9.97 Å². The molecule has 0 bridgehead atoms. The Morgan fingerprint density at radius 1 is 0.688 bits per heavy atom. The van der Waals surface area contributed by atoms with Crippen molar-refractivity contribution in [3.63, 3.8) is 0 Å². The first kappa shape index (κ1) is 21.4. The molecule has 0 spiro atoms. The summed E-state index contributed by atoms with van der Waals surface area (Å²) in [5.41, 5.74) is -1.15. The Labute approximate surface area is 177 Å².